The molecule has 1 aromatic carbocycles. The first-order chi connectivity index (χ1) is 10.1. The van der Waals surface area contributed by atoms with Crippen molar-refractivity contribution in [2.75, 3.05) is 16.8 Å². The molecule has 2 rings (SSSR count). The lowest BCUT2D eigenvalue weighted by molar-refractivity contribution is -0.137. The first-order valence-corrected chi connectivity index (χ1v) is 8.41. The lowest BCUT2D eigenvalue weighted by Gasteiger charge is -2.14. The number of halogens is 4. The molecule has 22 heavy (non-hydrogen) atoms. The summed E-state index contributed by atoms with van der Waals surface area (Å²) >= 11 is 5.75. The van der Waals surface area contributed by atoms with Crippen molar-refractivity contribution in [3.63, 3.8) is 0 Å². The summed E-state index contributed by atoms with van der Waals surface area (Å²) in [4.78, 5) is 11.7. The second kappa shape index (κ2) is 5.96. The number of rotatable bonds is 2. The van der Waals surface area contributed by atoms with E-state index in [1.165, 1.54) is 0 Å². The van der Waals surface area contributed by atoms with Crippen LogP contribution in [-0.4, -0.2) is 32.0 Å². The smallest absolute Gasteiger partial charge is 0.334 e. The summed E-state index contributed by atoms with van der Waals surface area (Å²) in [5.74, 6) is -0.209. The van der Waals surface area contributed by atoms with Gasteiger partial charge < -0.3 is 10.6 Å². The standard InChI is InChI=1S/C12H12ClF3N2O3S/c13-9-2-1-7(12(14,15)16)5-10(9)18-11(19)17-8-3-4-22(20,21)6-8/h1-2,5,8H,3-4,6H2,(H2,17,18,19). The third kappa shape index (κ3) is 4.26. The van der Waals surface area contributed by atoms with Gasteiger partial charge in [0.2, 0.25) is 0 Å². The molecule has 5 nitrogen and oxygen atoms in total. The summed E-state index contributed by atoms with van der Waals surface area (Å²) in [7, 11) is -3.17. The fourth-order valence-corrected chi connectivity index (χ4v) is 3.89. The molecule has 0 saturated carbocycles. The van der Waals surface area contributed by atoms with Gasteiger partial charge >= 0.3 is 12.2 Å². The van der Waals surface area contributed by atoms with Crippen molar-refractivity contribution in [1.29, 1.82) is 0 Å². The van der Waals surface area contributed by atoms with Gasteiger partial charge in [-0.3, -0.25) is 0 Å². The molecule has 122 valence electrons. The summed E-state index contributed by atoms with van der Waals surface area (Å²) in [5, 5.41) is 4.55. The van der Waals surface area contributed by atoms with Crippen LogP contribution in [0.4, 0.5) is 23.7 Å². The number of alkyl halides is 3. The van der Waals surface area contributed by atoms with Gasteiger partial charge in [-0.25, -0.2) is 13.2 Å². The highest BCUT2D eigenvalue weighted by Crippen LogP contribution is 2.33. The van der Waals surface area contributed by atoms with E-state index in [0.29, 0.717) is 6.07 Å². The van der Waals surface area contributed by atoms with Gasteiger partial charge in [0.05, 0.1) is 27.8 Å². The van der Waals surface area contributed by atoms with Crippen molar-refractivity contribution < 1.29 is 26.4 Å². The highest BCUT2D eigenvalue weighted by atomic mass is 35.5. The third-order valence-electron chi connectivity index (χ3n) is 3.11. The molecule has 1 unspecified atom stereocenters. The van der Waals surface area contributed by atoms with E-state index in [1.807, 2.05) is 0 Å². The van der Waals surface area contributed by atoms with Crippen LogP contribution in [0.2, 0.25) is 5.02 Å². The molecule has 1 aliphatic heterocycles. The van der Waals surface area contributed by atoms with Gasteiger partial charge in [-0.05, 0) is 24.6 Å². The molecular weight excluding hydrogens is 345 g/mol. The molecule has 2 amide bonds. The second-order valence-electron chi connectivity index (χ2n) is 4.89. The Labute approximate surface area is 129 Å². The van der Waals surface area contributed by atoms with Crippen LogP contribution < -0.4 is 10.6 Å². The quantitative estimate of drug-likeness (QED) is 0.855. The molecule has 2 N–H and O–H groups in total. The van der Waals surface area contributed by atoms with Gasteiger partial charge in [0.25, 0.3) is 0 Å². The molecule has 1 saturated heterocycles. The van der Waals surface area contributed by atoms with Crippen LogP contribution in [0.1, 0.15) is 12.0 Å². The number of sulfone groups is 1. The first kappa shape index (κ1) is 16.9. The van der Waals surface area contributed by atoms with Gasteiger partial charge in [-0.2, -0.15) is 13.2 Å². The fourth-order valence-electron chi connectivity index (χ4n) is 2.05. The number of benzene rings is 1. The van der Waals surface area contributed by atoms with Crippen LogP contribution in [-0.2, 0) is 16.0 Å². The summed E-state index contributed by atoms with van der Waals surface area (Å²) < 4.78 is 60.4. The molecule has 0 bridgehead atoms. The molecular formula is C12H12ClF3N2O3S. The van der Waals surface area contributed by atoms with Crippen LogP contribution in [0, 0.1) is 0 Å². The Hall–Kier alpha value is -1.48. The molecule has 1 aromatic rings. The Kier molecular flexibility index (Phi) is 4.57. The monoisotopic (exact) mass is 356 g/mol. The SMILES string of the molecule is O=C(Nc1cc(C(F)(F)F)ccc1Cl)NC1CCS(=O)(=O)C1. The number of anilines is 1. The van der Waals surface area contributed by atoms with Crippen LogP contribution in [0.3, 0.4) is 0 Å². The van der Waals surface area contributed by atoms with E-state index >= 15 is 0 Å². The van der Waals surface area contributed by atoms with Crippen LogP contribution >= 0.6 is 11.6 Å². The Morgan fingerprint density at radius 1 is 1.32 bits per heavy atom. The van der Waals surface area contributed by atoms with E-state index in [-0.39, 0.29) is 28.6 Å². The number of carbonyl (C=O) groups is 1. The molecule has 0 spiro atoms. The zero-order chi connectivity index (χ0) is 16.5. The Balaban J connectivity index is 2.05. The highest BCUT2D eigenvalue weighted by molar-refractivity contribution is 7.91. The summed E-state index contributed by atoms with van der Waals surface area (Å²) in [6, 6.07) is 1.18. The largest absolute Gasteiger partial charge is 0.416 e. The van der Waals surface area contributed by atoms with E-state index in [2.05, 4.69) is 10.6 Å². The topological polar surface area (TPSA) is 75.3 Å². The maximum Gasteiger partial charge on any atom is 0.416 e. The van der Waals surface area contributed by atoms with E-state index in [1.54, 1.807) is 0 Å². The number of amides is 2. The van der Waals surface area contributed by atoms with Gasteiger partial charge in [-0.15, -0.1) is 0 Å². The highest BCUT2D eigenvalue weighted by Gasteiger charge is 2.32. The molecule has 0 radical (unpaired) electrons. The zero-order valence-electron chi connectivity index (χ0n) is 11.1. The van der Waals surface area contributed by atoms with E-state index in [9.17, 15) is 26.4 Å². The van der Waals surface area contributed by atoms with Crippen molar-refractivity contribution in [3.8, 4) is 0 Å². The summed E-state index contributed by atoms with van der Waals surface area (Å²) in [6.07, 6.45) is -4.29. The summed E-state index contributed by atoms with van der Waals surface area (Å²) in [5.41, 5.74) is -1.15. The van der Waals surface area contributed by atoms with Gasteiger partial charge in [0, 0.05) is 6.04 Å². The van der Waals surface area contributed by atoms with Crippen LogP contribution in [0.5, 0.6) is 0 Å². The maximum absolute atomic E-state index is 12.6. The van der Waals surface area contributed by atoms with E-state index in [0.717, 1.165) is 12.1 Å². The van der Waals surface area contributed by atoms with E-state index < -0.39 is 33.6 Å². The average Bonchev–Trinajstić information content (AvgIpc) is 2.70. The van der Waals surface area contributed by atoms with E-state index in [4.69, 9.17) is 11.6 Å². The maximum atomic E-state index is 12.6. The normalized spacial score (nSPS) is 20.6. The molecule has 1 fully saturated rings. The number of urea groups is 1. The predicted molar refractivity (Wildman–Crippen MR) is 75.7 cm³/mol. The molecule has 0 aliphatic carbocycles. The molecule has 10 heteroatoms. The molecule has 1 aliphatic rings. The van der Waals surface area contributed by atoms with Crippen molar-refractivity contribution in [3.05, 3.63) is 28.8 Å². The van der Waals surface area contributed by atoms with Crippen molar-refractivity contribution in [2.24, 2.45) is 0 Å². The average molecular weight is 357 g/mol. The Morgan fingerprint density at radius 3 is 2.55 bits per heavy atom. The fraction of sp³-hybridized carbons (Fsp3) is 0.417. The van der Waals surface area contributed by atoms with Crippen molar-refractivity contribution in [1.82, 2.24) is 5.32 Å². The minimum atomic E-state index is -4.56. The predicted octanol–water partition coefficient (Wildman–Crippen LogP) is 2.67. The lowest BCUT2D eigenvalue weighted by atomic mass is 10.2. The minimum Gasteiger partial charge on any atom is -0.334 e. The van der Waals surface area contributed by atoms with Gasteiger partial charge in [-0.1, -0.05) is 11.6 Å². The number of hydrogen-bond donors (Lipinski definition) is 2. The zero-order valence-corrected chi connectivity index (χ0v) is 12.6. The lowest BCUT2D eigenvalue weighted by Crippen LogP contribution is -2.38. The van der Waals surface area contributed by atoms with Gasteiger partial charge in [0.1, 0.15) is 0 Å². The molecule has 1 heterocycles. The molecule has 1 atom stereocenters. The third-order valence-corrected chi connectivity index (χ3v) is 5.21. The Bertz CT molecular complexity index is 691. The summed E-state index contributed by atoms with van der Waals surface area (Å²) in [6.45, 7) is 0. The van der Waals surface area contributed by atoms with Gasteiger partial charge in [0.15, 0.2) is 9.84 Å². The second-order valence-corrected chi connectivity index (χ2v) is 7.53. The minimum absolute atomic E-state index is 0.0255. The van der Waals surface area contributed by atoms with Crippen molar-refractivity contribution >= 4 is 33.2 Å². The van der Waals surface area contributed by atoms with Crippen LogP contribution in [0.25, 0.3) is 0 Å². The van der Waals surface area contributed by atoms with Crippen molar-refractivity contribution in [2.45, 2.75) is 18.6 Å². The first-order valence-electron chi connectivity index (χ1n) is 6.21. The Morgan fingerprint density at radius 2 is 2.00 bits per heavy atom. The molecule has 0 aromatic heterocycles. The number of carbonyl (C=O) groups excluding carboxylic acids is 1. The van der Waals surface area contributed by atoms with Crippen LogP contribution in [0.15, 0.2) is 18.2 Å². The number of nitrogens with one attached hydrogen (secondary N) is 2. The number of hydrogen-bond acceptors (Lipinski definition) is 3.